The smallest absolute Gasteiger partial charge is 0.261 e. The summed E-state index contributed by atoms with van der Waals surface area (Å²) in [6.45, 7) is 4.81. The minimum Gasteiger partial charge on any atom is -0.274 e. The van der Waals surface area contributed by atoms with E-state index in [1.165, 1.54) is 10.5 Å². The number of nitrogens with zero attached hydrogens (tertiary/aromatic N) is 1. The monoisotopic (exact) mass is 463 g/mol. The molecular weight excluding hydrogens is 430 g/mol. The van der Waals surface area contributed by atoms with Crippen molar-refractivity contribution in [2.45, 2.75) is 39.5 Å². The van der Waals surface area contributed by atoms with E-state index in [1.54, 1.807) is 6.07 Å². The van der Waals surface area contributed by atoms with Crippen LogP contribution in [-0.4, -0.2) is 23.3 Å². The van der Waals surface area contributed by atoms with E-state index in [-0.39, 0.29) is 11.8 Å². The molecule has 0 bridgehead atoms. The summed E-state index contributed by atoms with van der Waals surface area (Å²) in [5.41, 5.74) is 5.29. The van der Waals surface area contributed by atoms with Gasteiger partial charge in [-0.05, 0) is 46.7 Å². The molecule has 0 saturated heterocycles. The zero-order valence-electron chi connectivity index (χ0n) is 20.6. The molecule has 0 saturated carbocycles. The van der Waals surface area contributed by atoms with E-state index in [0.29, 0.717) is 23.6 Å². The van der Waals surface area contributed by atoms with Gasteiger partial charge in [-0.2, -0.15) is 0 Å². The van der Waals surface area contributed by atoms with Crippen LogP contribution in [-0.2, 0) is 0 Å². The van der Waals surface area contributed by atoms with E-state index in [1.807, 2.05) is 42.5 Å². The number of hydrogen-bond acceptors (Lipinski definition) is 2. The molecule has 0 radical (unpaired) electrons. The Kier molecular flexibility index (Phi) is 8.10. The maximum absolute atomic E-state index is 13.1. The Morgan fingerprint density at radius 1 is 0.743 bits per heavy atom. The van der Waals surface area contributed by atoms with Crippen LogP contribution >= 0.6 is 0 Å². The maximum atomic E-state index is 13.1. The Bertz CT molecular complexity index is 1220. The lowest BCUT2D eigenvalue weighted by atomic mass is 9.99. The number of unbranched alkanes of at least 4 members (excludes halogenated alkanes) is 1. The molecule has 3 heteroatoms. The van der Waals surface area contributed by atoms with Crippen molar-refractivity contribution in [3.05, 3.63) is 107 Å². The fraction of sp³-hybridized carbons (Fsp3) is 0.250. The Morgan fingerprint density at radius 3 is 2.03 bits per heavy atom. The minimum absolute atomic E-state index is 0.157. The van der Waals surface area contributed by atoms with Gasteiger partial charge in [-0.25, -0.2) is 0 Å². The predicted molar refractivity (Wildman–Crippen MR) is 145 cm³/mol. The van der Waals surface area contributed by atoms with Crippen LogP contribution in [0.15, 0.2) is 84.9 Å². The molecule has 0 aromatic heterocycles. The second-order valence-electron chi connectivity index (χ2n) is 9.15. The lowest BCUT2D eigenvalue weighted by Gasteiger charge is -2.21. The van der Waals surface area contributed by atoms with Gasteiger partial charge in [-0.1, -0.05) is 118 Å². The van der Waals surface area contributed by atoms with Crippen LogP contribution in [0.25, 0.3) is 23.3 Å². The Labute approximate surface area is 208 Å². The first kappa shape index (κ1) is 24.4. The first-order valence-corrected chi connectivity index (χ1v) is 12.6. The molecule has 0 spiro atoms. The average Bonchev–Trinajstić information content (AvgIpc) is 3.14. The number of benzene rings is 3. The number of hydrogen-bond donors (Lipinski definition) is 0. The van der Waals surface area contributed by atoms with Gasteiger partial charge in [0.15, 0.2) is 0 Å². The fourth-order valence-corrected chi connectivity index (χ4v) is 4.50. The van der Waals surface area contributed by atoms with E-state index in [2.05, 4.69) is 62.4 Å². The molecule has 1 unspecified atom stereocenters. The molecule has 4 rings (SSSR count). The SMILES string of the molecule is CCCCC(CC)CN1C(=O)c2ccc(-c3ccc(/C=C/C=C/c4ccccc4)cc3)cc2C1=O. The van der Waals surface area contributed by atoms with Crippen LogP contribution in [0, 0.1) is 5.92 Å². The third kappa shape index (κ3) is 5.86. The third-order valence-corrected chi connectivity index (χ3v) is 6.69. The topological polar surface area (TPSA) is 37.4 Å². The number of fused-ring (bicyclic) bond motifs is 1. The molecule has 35 heavy (non-hydrogen) atoms. The Hall–Kier alpha value is -3.72. The Balaban J connectivity index is 1.45. The molecule has 3 aromatic carbocycles. The fourth-order valence-electron chi connectivity index (χ4n) is 4.50. The number of carbonyl (C=O) groups excluding carboxylic acids is 2. The summed E-state index contributed by atoms with van der Waals surface area (Å²) >= 11 is 0. The molecular formula is C32H33NO2. The lowest BCUT2D eigenvalue weighted by molar-refractivity contribution is 0.0624. The summed E-state index contributed by atoms with van der Waals surface area (Å²) in [5.74, 6) is 0.0434. The molecule has 3 nitrogen and oxygen atoms in total. The summed E-state index contributed by atoms with van der Waals surface area (Å²) < 4.78 is 0. The molecule has 0 N–H and O–H groups in total. The molecule has 1 heterocycles. The number of amides is 2. The second kappa shape index (κ2) is 11.6. The summed E-state index contributed by atoms with van der Waals surface area (Å²) in [6, 6.07) is 24.1. The van der Waals surface area contributed by atoms with Crippen LogP contribution in [0.2, 0.25) is 0 Å². The zero-order valence-corrected chi connectivity index (χ0v) is 20.6. The van der Waals surface area contributed by atoms with Gasteiger partial charge < -0.3 is 0 Å². The quantitative estimate of drug-likeness (QED) is 0.226. The van der Waals surface area contributed by atoms with E-state index < -0.39 is 0 Å². The second-order valence-corrected chi connectivity index (χ2v) is 9.15. The number of imide groups is 1. The summed E-state index contributed by atoms with van der Waals surface area (Å²) in [5, 5.41) is 0. The minimum atomic E-state index is -0.161. The normalized spacial score (nSPS) is 14.3. The van der Waals surface area contributed by atoms with Crippen LogP contribution in [0.5, 0.6) is 0 Å². The van der Waals surface area contributed by atoms with Gasteiger partial charge in [0.25, 0.3) is 11.8 Å². The van der Waals surface area contributed by atoms with Crippen LogP contribution in [0.3, 0.4) is 0 Å². The van der Waals surface area contributed by atoms with Gasteiger partial charge in [-0.15, -0.1) is 0 Å². The Morgan fingerprint density at radius 2 is 1.37 bits per heavy atom. The van der Waals surface area contributed by atoms with E-state index in [4.69, 9.17) is 0 Å². The third-order valence-electron chi connectivity index (χ3n) is 6.69. The van der Waals surface area contributed by atoms with Crippen LogP contribution < -0.4 is 0 Å². The summed E-state index contributed by atoms with van der Waals surface area (Å²) in [6.07, 6.45) is 12.5. The van der Waals surface area contributed by atoms with E-state index in [9.17, 15) is 9.59 Å². The maximum Gasteiger partial charge on any atom is 0.261 e. The first-order valence-electron chi connectivity index (χ1n) is 12.6. The van der Waals surface area contributed by atoms with Gasteiger partial charge >= 0.3 is 0 Å². The summed E-state index contributed by atoms with van der Waals surface area (Å²) in [7, 11) is 0. The van der Waals surface area contributed by atoms with Crippen molar-refractivity contribution in [1.29, 1.82) is 0 Å². The van der Waals surface area contributed by atoms with Crippen LogP contribution in [0.4, 0.5) is 0 Å². The predicted octanol–water partition coefficient (Wildman–Crippen LogP) is 7.89. The molecule has 3 aromatic rings. The molecule has 1 aliphatic heterocycles. The lowest BCUT2D eigenvalue weighted by Crippen LogP contribution is -2.34. The number of allylic oxidation sites excluding steroid dienone is 2. The molecule has 2 amide bonds. The highest BCUT2D eigenvalue weighted by molar-refractivity contribution is 6.21. The molecule has 0 fully saturated rings. The summed E-state index contributed by atoms with van der Waals surface area (Å²) in [4.78, 5) is 27.5. The highest BCUT2D eigenvalue weighted by Gasteiger charge is 2.36. The van der Waals surface area contributed by atoms with Crippen molar-refractivity contribution >= 4 is 24.0 Å². The number of carbonyl (C=O) groups is 2. The van der Waals surface area contributed by atoms with E-state index >= 15 is 0 Å². The average molecular weight is 464 g/mol. The standard InChI is InChI=1S/C32H33NO2/c1-3-5-11-24(4-2)23-33-31(34)29-21-20-28(22-30(29)32(33)35)27-18-16-26(17-19-27)15-10-9-14-25-12-7-6-8-13-25/h6-10,12-22,24H,3-5,11,23H2,1-2H3/b14-9+,15-10+. The van der Waals surface area contributed by atoms with Crippen molar-refractivity contribution < 1.29 is 9.59 Å². The van der Waals surface area contributed by atoms with Gasteiger partial charge in [0.1, 0.15) is 0 Å². The van der Waals surface area contributed by atoms with Gasteiger partial charge in [0.2, 0.25) is 0 Å². The van der Waals surface area contributed by atoms with Crippen molar-refractivity contribution in [3.8, 4) is 11.1 Å². The highest BCUT2D eigenvalue weighted by Crippen LogP contribution is 2.30. The van der Waals surface area contributed by atoms with Gasteiger partial charge in [0.05, 0.1) is 11.1 Å². The highest BCUT2D eigenvalue weighted by atomic mass is 16.2. The van der Waals surface area contributed by atoms with E-state index in [0.717, 1.165) is 42.4 Å². The molecule has 178 valence electrons. The largest absolute Gasteiger partial charge is 0.274 e. The first-order chi connectivity index (χ1) is 17.1. The van der Waals surface area contributed by atoms with Crippen LogP contribution in [0.1, 0.15) is 71.4 Å². The molecule has 1 aliphatic rings. The number of rotatable bonds is 10. The zero-order chi connectivity index (χ0) is 24.6. The molecule has 0 aliphatic carbocycles. The van der Waals surface area contributed by atoms with Crippen molar-refractivity contribution in [2.75, 3.05) is 6.54 Å². The van der Waals surface area contributed by atoms with Crippen molar-refractivity contribution in [1.82, 2.24) is 4.90 Å². The van der Waals surface area contributed by atoms with Crippen molar-refractivity contribution in [3.63, 3.8) is 0 Å². The van der Waals surface area contributed by atoms with Crippen molar-refractivity contribution in [2.24, 2.45) is 5.92 Å². The van der Waals surface area contributed by atoms with Gasteiger partial charge in [0, 0.05) is 6.54 Å². The van der Waals surface area contributed by atoms with Gasteiger partial charge in [-0.3, -0.25) is 14.5 Å². The molecule has 1 atom stereocenters.